The van der Waals surface area contributed by atoms with Crippen LogP contribution in [0.5, 0.6) is 5.75 Å². The number of imide groups is 1. The number of aliphatic hydroxyl groups is 1. The van der Waals surface area contributed by atoms with Gasteiger partial charge in [-0.2, -0.15) is 4.99 Å². The van der Waals surface area contributed by atoms with Crippen LogP contribution in [-0.4, -0.2) is 46.8 Å². The van der Waals surface area contributed by atoms with Crippen LogP contribution in [0.1, 0.15) is 25.0 Å². The number of aliphatic imine (C=N–C) groups is 1. The van der Waals surface area contributed by atoms with E-state index in [4.69, 9.17) is 9.47 Å². The highest BCUT2D eigenvalue weighted by atomic mass is 16.5. The van der Waals surface area contributed by atoms with Gasteiger partial charge in [0.05, 0.1) is 19.8 Å². The summed E-state index contributed by atoms with van der Waals surface area (Å²) in [5.41, 5.74) is 0.0530. The summed E-state index contributed by atoms with van der Waals surface area (Å²) in [5, 5.41) is 10.8. The van der Waals surface area contributed by atoms with E-state index in [2.05, 4.69) is 4.99 Å². The number of ether oxygens (including phenoxy) is 2. The summed E-state index contributed by atoms with van der Waals surface area (Å²) in [5.74, 6) is -1.59. The molecule has 1 heterocycles. The number of benzene rings is 2. The van der Waals surface area contributed by atoms with Gasteiger partial charge in [-0.1, -0.05) is 42.5 Å². The second kappa shape index (κ2) is 9.25. The van der Waals surface area contributed by atoms with Crippen molar-refractivity contribution in [2.75, 3.05) is 7.11 Å². The molecule has 160 valence electrons. The van der Waals surface area contributed by atoms with Crippen molar-refractivity contribution in [2.24, 2.45) is 4.99 Å². The highest BCUT2D eigenvalue weighted by Gasteiger charge is 2.40. The number of amides is 3. The molecule has 0 aliphatic carbocycles. The summed E-state index contributed by atoms with van der Waals surface area (Å²) >= 11 is 0. The second-order valence-corrected chi connectivity index (χ2v) is 7.03. The van der Waals surface area contributed by atoms with Gasteiger partial charge in [0.1, 0.15) is 17.1 Å². The van der Waals surface area contributed by atoms with Gasteiger partial charge in [-0.15, -0.1) is 0 Å². The number of methoxy groups -OCH3 is 1. The van der Waals surface area contributed by atoms with Crippen LogP contribution >= 0.6 is 0 Å². The van der Waals surface area contributed by atoms with Gasteiger partial charge in [0, 0.05) is 5.56 Å². The molecule has 0 saturated carbocycles. The second-order valence-electron chi connectivity index (χ2n) is 7.03. The van der Waals surface area contributed by atoms with Crippen molar-refractivity contribution in [3.05, 3.63) is 71.3 Å². The van der Waals surface area contributed by atoms with Crippen molar-refractivity contribution in [1.82, 2.24) is 4.90 Å². The van der Waals surface area contributed by atoms with Gasteiger partial charge in [-0.25, -0.2) is 9.59 Å². The van der Waals surface area contributed by atoms with Gasteiger partial charge in [-0.3, -0.25) is 9.69 Å². The van der Waals surface area contributed by atoms with Crippen LogP contribution in [0, 0.1) is 0 Å². The normalized spacial score (nSPS) is 14.5. The van der Waals surface area contributed by atoms with Crippen molar-refractivity contribution in [3.63, 3.8) is 0 Å². The zero-order valence-corrected chi connectivity index (χ0v) is 17.4. The number of carbonyl (C=O) groups is 3. The summed E-state index contributed by atoms with van der Waals surface area (Å²) in [6.45, 7) is 3.22. The lowest BCUT2D eigenvalue weighted by atomic mass is 10.0. The minimum Gasteiger partial charge on any atom is -0.506 e. The minimum atomic E-state index is -0.942. The molecule has 31 heavy (non-hydrogen) atoms. The van der Waals surface area contributed by atoms with Gasteiger partial charge in [0.2, 0.25) is 0 Å². The van der Waals surface area contributed by atoms with Gasteiger partial charge in [0.25, 0.3) is 5.91 Å². The Hall–Kier alpha value is -3.94. The highest BCUT2D eigenvalue weighted by Crippen LogP contribution is 2.24. The predicted molar refractivity (Wildman–Crippen MR) is 114 cm³/mol. The zero-order chi connectivity index (χ0) is 22.5. The fourth-order valence-electron chi connectivity index (χ4n) is 2.95. The molecule has 8 nitrogen and oxygen atoms in total. The molecule has 0 spiro atoms. The molecular weight excluding hydrogens is 400 g/mol. The number of aliphatic hydroxyl groups excluding tert-OH is 1. The number of urea groups is 1. The summed E-state index contributed by atoms with van der Waals surface area (Å²) in [6.07, 6.45) is -0.505. The van der Waals surface area contributed by atoms with Crippen molar-refractivity contribution in [2.45, 2.75) is 26.5 Å². The van der Waals surface area contributed by atoms with E-state index in [0.717, 1.165) is 4.90 Å². The standard InChI is InChI=1S/C23H22N2O6/c1-14(2)31-22(28)18(20(26)16-7-5-4-6-8-16)19-21(27)25(23(29)24-19)13-15-9-11-17(30-3)12-10-15/h4-12,14,26H,13H2,1-3H3. The number of esters is 1. The third-order valence-corrected chi connectivity index (χ3v) is 4.45. The molecule has 1 aliphatic rings. The lowest BCUT2D eigenvalue weighted by molar-refractivity contribution is -0.142. The minimum absolute atomic E-state index is 0.0483. The van der Waals surface area contributed by atoms with Crippen LogP contribution in [-0.2, 0) is 20.9 Å². The Morgan fingerprint density at radius 3 is 2.29 bits per heavy atom. The van der Waals surface area contributed by atoms with Gasteiger partial charge >= 0.3 is 12.0 Å². The predicted octanol–water partition coefficient (Wildman–Crippen LogP) is 3.52. The van der Waals surface area contributed by atoms with E-state index in [-0.39, 0.29) is 12.1 Å². The average Bonchev–Trinajstić information content (AvgIpc) is 3.02. The van der Waals surface area contributed by atoms with Crippen LogP contribution in [0.25, 0.3) is 5.76 Å². The van der Waals surface area contributed by atoms with Crippen LogP contribution in [0.2, 0.25) is 0 Å². The molecular formula is C23H22N2O6. The maximum absolute atomic E-state index is 13.0. The maximum atomic E-state index is 13.0. The molecule has 3 amide bonds. The van der Waals surface area contributed by atoms with Gasteiger partial charge in [0.15, 0.2) is 5.71 Å². The Balaban J connectivity index is 1.96. The van der Waals surface area contributed by atoms with E-state index in [1.54, 1.807) is 68.4 Å². The van der Waals surface area contributed by atoms with Crippen molar-refractivity contribution in [3.8, 4) is 5.75 Å². The molecule has 3 rings (SSSR count). The smallest absolute Gasteiger partial charge is 0.351 e. The molecule has 0 aromatic heterocycles. The first-order valence-corrected chi connectivity index (χ1v) is 9.59. The van der Waals surface area contributed by atoms with E-state index >= 15 is 0 Å². The van der Waals surface area contributed by atoms with E-state index in [0.29, 0.717) is 11.3 Å². The van der Waals surface area contributed by atoms with Gasteiger partial charge < -0.3 is 14.6 Å². The SMILES string of the molecule is COc1ccc(CN2C(=O)N=C(C(C(=O)OC(C)C)=C(O)c3ccccc3)C2=O)cc1. The Morgan fingerprint density at radius 1 is 1.06 bits per heavy atom. The van der Waals surface area contributed by atoms with Crippen LogP contribution in [0.3, 0.4) is 0 Å². The Morgan fingerprint density at radius 2 is 1.71 bits per heavy atom. The average molecular weight is 422 g/mol. The highest BCUT2D eigenvalue weighted by molar-refractivity contribution is 6.57. The number of hydrogen-bond acceptors (Lipinski definition) is 6. The first-order chi connectivity index (χ1) is 14.8. The van der Waals surface area contributed by atoms with E-state index < -0.39 is 41.1 Å². The molecule has 0 bridgehead atoms. The largest absolute Gasteiger partial charge is 0.506 e. The fourth-order valence-corrected chi connectivity index (χ4v) is 2.95. The third kappa shape index (κ3) is 4.80. The molecule has 2 aromatic carbocycles. The fraction of sp³-hybridized carbons (Fsp3) is 0.217. The van der Waals surface area contributed by atoms with Crippen LogP contribution in [0.15, 0.2) is 65.2 Å². The molecule has 0 radical (unpaired) electrons. The van der Waals surface area contributed by atoms with Crippen LogP contribution < -0.4 is 4.74 Å². The van der Waals surface area contributed by atoms with Crippen molar-refractivity contribution in [1.29, 1.82) is 0 Å². The number of rotatable bonds is 7. The summed E-state index contributed by atoms with van der Waals surface area (Å²) in [7, 11) is 1.53. The number of nitrogens with zero attached hydrogens (tertiary/aromatic N) is 2. The van der Waals surface area contributed by atoms with Crippen molar-refractivity contribution < 1.29 is 29.0 Å². The number of hydrogen-bond donors (Lipinski definition) is 1. The lowest BCUT2D eigenvalue weighted by Gasteiger charge is -2.15. The summed E-state index contributed by atoms with van der Waals surface area (Å²) < 4.78 is 10.3. The monoisotopic (exact) mass is 422 g/mol. The Kier molecular flexibility index (Phi) is 6.49. The molecule has 0 saturated heterocycles. The first kappa shape index (κ1) is 21.8. The molecule has 1 aliphatic heterocycles. The topological polar surface area (TPSA) is 106 Å². The lowest BCUT2D eigenvalue weighted by Crippen LogP contribution is -2.34. The van der Waals surface area contributed by atoms with Crippen molar-refractivity contribution >= 4 is 29.4 Å². The van der Waals surface area contributed by atoms with E-state index in [1.807, 2.05) is 0 Å². The Labute approximate surface area is 179 Å². The van der Waals surface area contributed by atoms with Gasteiger partial charge in [-0.05, 0) is 31.5 Å². The molecule has 1 N–H and O–H groups in total. The van der Waals surface area contributed by atoms with Crippen LogP contribution in [0.4, 0.5) is 4.79 Å². The first-order valence-electron chi connectivity index (χ1n) is 9.59. The Bertz CT molecular complexity index is 1060. The number of carbonyl (C=O) groups excluding carboxylic acids is 3. The molecule has 0 atom stereocenters. The molecule has 2 aromatic rings. The molecule has 8 heteroatoms. The van der Waals surface area contributed by atoms with E-state index in [1.165, 1.54) is 7.11 Å². The zero-order valence-electron chi connectivity index (χ0n) is 17.4. The summed E-state index contributed by atoms with van der Waals surface area (Å²) in [6, 6.07) is 14.2. The van der Waals surface area contributed by atoms with E-state index in [9.17, 15) is 19.5 Å². The third-order valence-electron chi connectivity index (χ3n) is 4.45. The maximum Gasteiger partial charge on any atom is 0.351 e. The summed E-state index contributed by atoms with van der Waals surface area (Å²) in [4.78, 5) is 42.9. The molecule has 0 unspecified atom stereocenters. The molecule has 0 fully saturated rings. The quantitative estimate of drug-likeness (QED) is 0.416.